The number of halogens is 1. The Labute approximate surface area is 76.5 Å². The zero-order valence-corrected chi connectivity index (χ0v) is 7.42. The minimum absolute atomic E-state index is 0.110. The summed E-state index contributed by atoms with van der Waals surface area (Å²) < 4.78 is 13.2. The van der Waals surface area contributed by atoms with Gasteiger partial charge in [0.1, 0.15) is 11.6 Å². The Kier molecular flexibility index (Phi) is 2.38. The maximum atomic E-state index is 13.2. The highest BCUT2D eigenvalue weighted by molar-refractivity contribution is 5.34. The quantitative estimate of drug-likeness (QED) is 0.684. The molecular formula is C10H12FNO. The molecule has 2 nitrogen and oxygen atoms in total. The fourth-order valence-corrected chi connectivity index (χ4v) is 1.05. The molecule has 0 bridgehead atoms. The van der Waals surface area contributed by atoms with Gasteiger partial charge in [-0.25, -0.2) is 4.39 Å². The second-order valence-electron chi connectivity index (χ2n) is 3.15. The summed E-state index contributed by atoms with van der Waals surface area (Å²) in [5.41, 5.74) is 5.16. The van der Waals surface area contributed by atoms with E-state index in [1.54, 1.807) is 6.92 Å². The lowest BCUT2D eigenvalue weighted by Crippen LogP contribution is -2.31. The highest BCUT2D eigenvalue weighted by Crippen LogP contribution is 2.24. The van der Waals surface area contributed by atoms with Crippen molar-refractivity contribution in [2.45, 2.75) is 12.5 Å². The van der Waals surface area contributed by atoms with Gasteiger partial charge in [0.05, 0.1) is 5.54 Å². The molecule has 0 fully saturated rings. The van der Waals surface area contributed by atoms with Gasteiger partial charge in [-0.15, -0.1) is 6.58 Å². The minimum Gasteiger partial charge on any atom is -0.508 e. The largest absolute Gasteiger partial charge is 0.508 e. The molecule has 1 atom stereocenters. The van der Waals surface area contributed by atoms with Crippen molar-refractivity contribution in [3.8, 4) is 5.75 Å². The first kappa shape index (κ1) is 9.74. The fourth-order valence-electron chi connectivity index (χ4n) is 1.05. The molecule has 0 unspecified atom stereocenters. The van der Waals surface area contributed by atoms with Crippen LogP contribution in [0.5, 0.6) is 5.75 Å². The molecule has 0 aliphatic rings. The average molecular weight is 181 g/mol. The summed E-state index contributed by atoms with van der Waals surface area (Å²) in [6, 6.07) is 3.88. The van der Waals surface area contributed by atoms with E-state index in [9.17, 15) is 4.39 Å². The van der Waals surface area contributed by atoms with E-state index < -0.39 is 11.4 Å². The summed E-state index contributed by atoms with van der Waals surface area (Å²) >= 11 is 0. The van der Waals surface area contributed by atoms with Crippen molar-refractivity contribution in [3.63, 3.8) is 0 Å². The number of phenolic OH excluding ortho intramolecular Hbond substituents is 1. The summed E-state index contributed by atoms with van der Waals surface area (Å²) in [5, 5.41) is 8.97. The van der Waals surface area contributed by atoms with E-state index in [1.807, 2.05) is 0 Å². The van der Waals surface area contributed by atoms with Gasteiger partial charge in [0.25, 0.3) is 0 Å². The number of phenols is 1. The van der Waals surface area contributed by atoms with Crippen molar-refractivity contribution >= 4 is 0 Å². The first-order valence-corrected chi connectivity index (χ1v) is 3.89. The van der Waals surface area contributed by atoms with Gasteiger partial charge in [0.2, 0.25) is 0 Å². The van der Waals surface area contributed by atoms with Gasteiger partial charge in [0.15, 0.2) is 0 Å². The van der Waals surface area contributed by atoms with E-state index in [2.05, 4.69) is 6.58 Å². The Hall–Kier alpha value is -1.35. The average Bonchev–Trinajstić information content (AvgIpc) is 2.03. The smallest absolute Gasteiger partial charge is 0.132 e. The molecule has 0 amide bonds. The summed E-state index contributed by atoms with van der Waals surface area (Å²) in [4.78, 5) is 0. The molecule has 0 saturated heterocycles. The summed E-state index contributed by atoms with van der Waals surface area (Å²) in [6.45, 7) is 5.17. The van der Waals surface area contributed by atoms with E-state index in [4.69, 9.17) is 10.8 Å². The number of hydrogen-bond acceptors (Lipinski definition) is 2. The van der Waals surface area contributed by atoms with Crippen LogP contribution in [0, 0.1) is 5.82 Å². The Bertz CT molecular complexity index is 334. The van der Waals surface area contributed by atoms with Crippen LogP contribution in [-0.2, 0) is 5.54 Å². The third-order valence-electron chi connectivity index (χ3n) is 1.96. The van der Waals surface area contributed by atoms with Gasteiger partial charge in [-0.3, -0.25) is 0 Å². The zero-order chi connectivity index (χ0) is 10.1. The molecule has 1 aromatic rings. The number of benzene rings is 1. The lowest BCUT2D eigenvalue weighted by molar-refractivity contribution is 0.463. The van der Waals surface area contributed by atoms with Crippen LogP contribution in [0.3, 0.4) is 0 Å². The summed E-state index contributed by atoms with van der Waals surface area (Å²) in [7, 11) is 0. The molecule has 13 heavy (non-hydrogen) atoms. The first-order valence-electron chi connectivity index (χ1n) is 3.89. The molecular weight excluding hydrogens is 169 g/mol. The molecule has 0 radical (unpaired) electrons. The molecule has 70 valence electrons. The van der Waals surface area contributed by atoms with Crippen molar-refractivity contribution < 1.29 is 9.50 Å². The third kappa shape index (κ3) is 1.87. The molecule has 1 rings (SSSR count). The van der Waals surface area contributed by atoms with Gasteiger partial charge < -0.3 is 10.8 Å². The van der Waals surface area contributed by atoms with Crippen molar-refractivity contribution in [2.24, 2.45) is 5.73 Å². The van der Waals surface area contributed by atoms with Crippen LogP contribution in [0.25, 0.3) is 0 Å². The molecule has 0 aromatic heterocycles. The molecule has 1 aromatic carbocycles. The lowest BCUT2D eigenvalue weighted by atomic mass is 9.93. The minimum atomic E-state index is -0.905. The van der Waals surface area contributed by atoms with Gasteiger partial charge >= 0.3 is 0 Å². The van der Waals surface area contributed by atoms with Crippen molar-refractivity contribution in [1.82, 2.24) is 0 Å². The molecule has 3 heteroatoms. The van der Waals surface area contributed by atoms with Gasteiger partial charge in [-0.2, -0.15) is 0 Å². The molecule has 3 N–H and O–H groups in total. The first-order chi connectivity index (χ1) is 5.97. The van der Waals surface area contributed by atoms with Crippen LogP contribution in [0.4, 0.5) is 4.39 Å². The Morgan fingerprint density at radius 1 is 1.62 bits per heavy atom. The van der Waals surface area contributed by atoms with Crippen molar-refractivity contribution in [1.29, 1.82) is 0 Å². The zero-order valence-electron chi connectivity index (χ0n) is 7.42. The van der Waals surface area contributed by atoms with E-state index in [0.29, 0.717) is 5.56 Å². The number of rotatable bonds is 2. The van der Waals surface area contributed by atoms with Crippen LogP contribution < -0.4 is 5.73 Å². The molecule has 0 aliphatic carbocycles. The number of hydrogen-bond donors (Lipinski definition) is 2. The van der Waals surface area contributed by atoms with Crippen molar-refractivity contribution in [2.75, 3.05) is 0 Å². The van der Waals surface area contributed by atoms with Crippen LogP contribution in [0.1, 0.15) is 12.5 Å². The van der Waals surface area contributed by atoms with E-state index in [-0.39, 0.29) is 5.75 Å². The van der Waals surface area contributed by atoms with Gasteiger partial charge in [0, 0.05) is 11.6 Å². The lowest BCUT2D eigenvalue weighted by Gasteiger charge is -2.20. The maximum Gasteiger partial charge on any atom is 0.132 e. The van der Waals surface area contributed by atoms with Gasteiger partial charge in [-0.1, -0.05) is 12.1 Å². The number of nitrogens with two attached hydrogens (primary N) is 1. The Balaban J connectivity index is 3.23. The van der Waals surface area contributed by atoms with Crippen LogP contribution in [0.15, 0.2) is 30.9 Å². The third-order valence-corrected chi connectivity index (χ3v) is 1.96. The van der Waals surface area contributed by atoms with E-state index >= 15 is 0 Å². The van der Waals surface area contributed by atoms with Crippen LogP contribution in [0.2, 0.25) is 0 Å². The van der Waals surface area contributed by atoms with Crippen LogP contribution >= 0.6 is 0 Å². The second-order valence-corrected chi connectivity index (χ2v) is 3.15. The highest BCUT2D eigenvalue weighted by Gasteiger charge is 2.20. The molecule has 0 heterocycles. The Morgan fingerprint density at radius 2 is 2.23 bits per heavy atom. The summed E-state index contributed by atoms with van der Waals surface area (Å²) in [5.74, 6) is -0.633. The van der Waals surface area contributed by atoms with Crippen LogP contribution in [-0.4, -0.2) is 5.11 Å². The summed E-state index contributed by atoms with van der Waals surface area (Å²) in [6.07, 6.45) is 1.46. The van der Waals surface area contributed by atoms with E-state index in [1.165, 1.54) is 18.2 Å². The predicted molar refractivity (Wildman–Crippen MR) is 49.8 cm³/mol. The fraction of sp³-hybridized carbons (Fsp3) is 0.200. The molecule has 0 aliphatic heterocycles. The molecule has 0 spiro atoms. The highest BCUT2D eigenvalue weighted by atomic mass is 19.1. The monoisotopic (exact) mass is 181 g/mol. The predicted octanol–water partition coefficient (Wildman–Crippen LogP) is 1.89. The maximum absolute atomic E-state index is 13.2. The van der Waals surface area contributed by atoms with E-state index in [0.717, 1.165) is 6.07 Å². The molecule has 0 saturated carbocycles. The standard InChI is InChI=1S/C10H12FNO/c1-3-10(2,12)8-5-4-7(13)6-9(8)11/h3-6,13H,1,12H2,2H3/t10-/m0/s1. The topological polar surface area (TPSA) is 46.2 Å². The Morgan fingerprint density at radius 3 is 2.69 bits per heavy atom. The second kappa shape index (κ2) is 3.18. The SMILES string of the molecule is C=C[C@](C)(N)c1ccc(O)cc1F. The van der Waals surface area contributed by atoms with Gasteiger partial charge in [-0.05, 0) is 13.0 Å². The van der Waals surface area contributed by atoms with Crippen molar-refractivity contribution in [3.05, 3.63) is 42.2 Å². The number of aromatic hydroxyl groups is 1. The normalized spacial score (nSPS) is 15.0.